The fourth-order valence-electron chi connectivity index (χ4n) is 3.45. The number of aliphatic hydroxyl groups excluding tert-OH is 1. The van der Waals surface area contributed by atoms with Crippen LogP contribution in [0, 0.1) is 5.41 Å². The predicted molar refractivity (Wildman–Crippen MR) is 146 cm³/mol. The van der Waals surface area contributed by atoms with Gasteiger partial charge in [0.1, 0.15) is 6.04 Å². The lowest BCUT2D eigenvalue weighted by Gasteiger charge is -2.24. The summed E-state index contributed by atoms with van der Waals surface area (Å²) in [6, 6.07) is 0.103. The molecule has 39 heavy (non-hydrogen) atoms. The van der Waals surface area contributed by atoms with E-state index in [2.05, 4.69) is 10.1 Å². The SMILES string of the molecule is CC(C)OC(=O)[C@@H](C)NP(=O)(OCCSC(=O)C(C)(C)CO)OC[C@@H]1C[C@@](C)(Cl)[C@H](n2ccc(=O)[nH]c2=O)O1. The first-order chi connectivity index (χ1) is 18.0. The van der Waals surface area contributed by atoms with E-state index in [4.69, 9.17) is 30.1 Å². The minimum absolute atomic E-state index is 0.110. The molecule has 5 atom stereocenters. The molecule has 13 nitrogen and oxygen atoms in total. The highest BCUT2D eigenvalue weighted by molar-refractivity contribution is 8.13. The number of ether oxygens (including phenoxy) is 2. The minimum atomic E-state index is -4.15. The van der Waals surface area contributed by atoms with Crippen LogP contribution in [0.3, 0.4) is 0 Å². The standard InChI is InChI=1S/C23H37ClN3O10PS/c1-14(2)36-18(30)15(3)26-38(33,34-9-10-39-20(31)22(4,5)13-28)35-12-16-11-23(6,24)19(37-16)27-8-7-17(29)25-21(27)32/h7-8,14-16,19,28H,9-13H2,1-6H3,(H,26,33)(H,25,29,32)/t15-,16+,19-,23-,38?/m1/s1. The molecular formula is C23H37ClN3O10PS. The van der Waals surface area contributed by atoms with Crippen molar-refractivity contribution in [1.82, 2.24) is 14.6 Å². The van der Waals surface area contributed by atoms with Crippen molar-refractivity contribution in [1.29, 1.82) is 0 Å². The topological polar surface area (TPSA) is 175 Å². The highest BCUT2D eigenvalue weighted by Crippen LogP contribution is 2.47. The maximum Gasteiger partial charge on any atom is 0.406 e. The van der Waals surface area contributed by atoms with E-state index < -0.39 is 59.7 Å². The fourth-order valence-corrected chi connectivity index (χ4v) is 6.21. The third-order valence-corrected chi connectivity index (χ3v) is 8.82. The maximum absolute atomic E-state index is 13.6. The molecule has 2 heterocycles. The number of hydrogen-bond donors (Lipinski definition) is 3. The molecule has 1 aliphatic rings. The van der Waals surface area contributed by atoms with Gasteiger partial charge in [-0.3, -0.25) is 33.0 Å². The van der Waals surface area contributed by atoms with Gasteiger partial charge in [0.05, 0.1) is 42.3 Å². The van der Waals surface area contributed by atoms with Crippen LogP contribution in [0.4, 0.5) is 0 Å². The van der Waals surface area contributed by atoms with Crippen molar-refractivity contribution >= 4 is 42.2 Å². The van der Waals surface area contributed by atoms with Gasteiger partial charge >= 0.3 is 19.4 Å². The predicted octanol–water partition coefficient (Wildman–Crippen LogP) is 2.17. The average molecular weight is 614 g/mol. The number of thioether (sulfide) groups is 1. The number of halogens is 1. The number of aliphatic hydroxyl groups is 1. The Hall–Kier alpha value is -1.51. The number of H-pyrrole nitrogens is 1. The van der Waals surface area contributed by atoms with Crippen molar-refractivity contribution in [3.63, 3.8) is 0 Å². The lowest BCUT2D eigenvalue weighted by molar-refractivity contribution is -0.149. The zero-order chi connectivity index (χ0) is 29.6. The zero-order valence-electron chi connectivity index (χ0n) is 22.8. The van der Waals surface area contributed by atoms with Crippen LogP contribution in [0.15, 0.2) is 21.9 Å². The summed E-state index contributed by atoms with van der Waals surface area (Å²) in [5, 5.41) is 11.6. The fraction of sp³-hybridized carbons (Fsp3) is 0.739. The van der Waals surface area contributed by atoms with Gasteiger partial charge in [-0.15, -0.1) is 11.6 Å². The van der Waals surface area contributed by atoms with Crippen LogP contribution in [0.25, 0.3) is 0 Å². The maximum atomic E-state index is 13.6. The van der Waals surface area contributed by atoms with Crippen LogP contribution < -0.4 is 16.3 Å². The first kappa shape index (κ1) is 33.7. The van der Waals surface area contributed by atoms with Crippen LogP contribution in [0.5, 0.6) is 0 Å². The van der Waals surface area contributed by atoms with Gasteiger partial charge < -0.3 is 14.6 Å². The number of esters is 1. The summed E-state index contributed by atoms with van der Waals surface area (Å²) in [6.45, 7) is 8.84. The van der Waals surface area contributed by atoms with E-state index in [0.717, 1.165) is 22.4 Å². The Bertz CT molecular complexity index is 1170. The monoisotopic (exact) mass is 613 g/mol. The second-order valence-corrected chi connectivity index (χ2v) is 14.0. The van der Waals surface area contributed by atoms with Gasteiger partial charge in [-0.25, -0.2) is 14.4 Å². The third kappa shape index (κ3) is 9.82. The number of aromatic amines is 1. The quantitative estimate of drug-likeness (QED) is 0.121. The normalized spacial score (nSPS) is 23.9. The molecule has 1 saturated heterocycles. The number of aromatic nitrogens is 2. The van der Waals surface area contributed by atoms with Crippen molar-refractivity contribution in [3.8, 4) is 0 Å². The van der Waals surface area contributed by atoms with E-state index in [9.17, 15) is 28.8 Å². The smallest absolute Gasteiger partial charge is 0.406 e. The molecule has 0 radical (unpaired) electrons. The second kappa shape index (κ2) is 13.9. The lowest BCUT2D eigenvalue weighted by atomic mass is 9.97. The Morgan fingerprint density at radius 2 is 2.03 bits per heavy atom. The van der Waals surface area contributed by atoms with Gasteiger partial charge in [0.15, 0.2) is 11.3 Å². The largest absolute Gasteiger partial charge is 0.462 e. The number of carbonyl (C=O) groups is 2. The molecule has 0 aliphatic carbocycles. The second-order valence-electron chi connectivity index (χ2n) is 10.3. The van der Waals surface area contributed by atoms with Crippen molar-refractivity contribution in [2.45, 2.75) is 77.3 Å². The molecule has 222 valence electrons. The van der Waals surface area contributed by atoms with Gasteiger partial charge in [0, 0.05) is 18.0 Å². The van der Waals surface area contributed by atoms with Crippen LogP contribution in [-0.2, 0) is 32.7 Å². The molecule has 3 N–H and O–H groups in total. The van der Waals surface area contributed by atoms with Gasteiger partial charge in [-0.05, 0) is 48.0 Å². The Morgan fingerprint density at radius 3 is 2.62 bits per heavy atom. The van der Waals surface area contributed by atoms with Gasteiger partial charge in [0.2, 0.25) is 0 Å². The zero-order valence-corrected chi connectivity index (χ0v) is 25.3. The summed E-state index contributed by atoms with van der Waals surface area (Å²) < 4.78 is 36.9. The summed E-state index contributed by atoms with van der Waals surface area (Å²) in [7, 11) is -4.15. The van der Waals surface area contributed by atoms with E-state index >= 15 is 0 Å². The van der Waals surface area contributed by atoms with Crippen molar-refractivity contribution in [2.24, 2.45) is 5.41 Å². The number of hydrogen-bond acceptors (Lipinski definition) is 11. The molecular weight excluding hydrogens is 577 g/mol. The highest BCUT2D eigenvalue weighted by atomic mass is 35.5. The van der Waals surface area contributed by atoms with Crippen LogP contribution in [0.1, 0.15) is 54.2 Å². The molecule has 1 aliphatic heterocycles. The van der Waals surface area contributed by atoms with Crippen molar-refractivity contribution in [2.75, 3.05) is 25.6 Å². The third-order valence-electron chi connectivity index (χ3n) is 5.58. The van der Waals surface area contributed by atoms with Crippen molar-refractivity contribution in [3.05, 3.63) is 33.1 Å². The minimum Gasteiger partial charge on any atom is -0.462 e. The number of carbonyl (C=O) groups excluding carboxylic acids is 2. The van der Waals surface area contributed by atoms with Gasteiger partial charge in [0.25, 0.3) is 5.56 Å². The molecule has 1 fully saturated rings. The molecule has 16 heteroatoms. The summed E-state index contributed by atoms with van der Waals surface area (Å²) in [6.07, 6.45) is -0.626. The van der Waals surface area contributed by atoms with Crippen LogP contribution in [-0.4, -0.2) is 74.4 Å². The molecule has 2 rings (SSSR count). The van der Waals surface area contributed by atoms with Gasteiger partial charge in [-0.2, -0.15) is 0 Å². The van der Waals surface area contributed by atoms with Gasteiger partial charge in [-0.1, -0.05) is 11.8 Å². The Morgan fingerprint density at radius 1 is 1.36 bits per heavy atom. The number of rotatable bonds is 14. The molecule has 0 amide bonds. The number of nitrogens with zero attached hydrogens (tertiary/aromatic N) is 1. The first-order valence-corrected chi connectivity index (χ1v) is 15.2. The average Bonchev–Trinajstić information content (AvgIpc) is 3.14. The summed E-state index contributed by atoms with van der Waals surface area (Å²) in [5.41, 5.74) is -2.22. The van der Waals surface area contributed by atoms with Crippen LogP contribution in [0.2, 0.25) is 0 Å². The Labute approximate surface area is 235 Å². The van der Waals surface area contributed by atoms with Crippen LogP contribution >= 0.6 is 31.1 Å². The lowest BCUT2D eigenvalue weighted by Crippen LogP contribution is -2.37. The Balaban J connectivity index is 2.10. The molecule has 0 spiro atoms. The van der Waals surface area contributed by atoms with E-state index in [0.29, 0.717) is 0 Å². The molecule has 1 aromatic heterocycles. The van der Waals surface area contributed by atoms with E-state index in [1.54, 1.807) is 34.6 Å². The number of alkyl halides is 1. The number of nitrogens with one attached hydrogen (secondary N) is 2. The van der Waals surface area contributed by atoms with E-state index in [-0.39, 0.29) is 37.1 Å². The highest BCUT2D eigenvalue weighted by Gasteiger charge is 2.46. The summed E-state index contributed by atoms with van der Waals surface area (Å²) in [4.78, 5) is 49.3. The first-order valence-electron chi connectivity index (χ1n) is 12.3. The summed E-state index contributed by atoms with van der Waals surface area (Å²) in [5.74, 6) is -0.562. The molecule has 0 saturated carbocycles. The summed E-state index contributed by atoms with van der Waals surface area (Å²) >= 11 is 7.52. The van der Waals surface area contributed by atoms with Crippen molar-refractivity contribution < 1.29 is 37.8 Å². The molecule has 1 unspecified atom stereocenters. The molecule has 0 bridgehead atoms. The van der Waals surface area contributed by atoms with E-state index in [1.165, 1.54) is 13.1 Å². The molecule has 1 aromatic rings. The molecule has 0 aromatic carbocycles. The Kier molecular flexibility index (Phi) is 12.0. The van der Waals surface area contributed by atoms with E-state index in [1.807, 2.05) is 0 Å².